The Labute approximate surface area is 112 Å². The first kappa shape index (κ1) is 11.1. The summed E-state index contributed by atoms with van der Waals surface area (Å²) in [5, 5.41) is 4.52. The molecule has 2 atom stereocenters. The molecular formula is C14H8N2O4. The molecule has 20 heavy (non-hydrogen) atoms. The molecule has 1 saturated heterocycles. The molecule has 3 aliphatic rings. The van der Waals surface area contributed by atoms with E-state index >= 15 is 0 Å². The van der Waals surface area contributed by atoms with Crippen molar-refractivity contribution in [2.75, 3.05) is 0 Å². The number of rotatable bonds is 0. The molecule has 98 valence electrons. The van der Waals surface area contributed by atoms with Gasteiger partial charge >= 0.3 is 0 Å². The largest absolute Gasteiger partial charge is 0.295 e. The van der Waals surface area contributed by atoms with Crippen molar-refractivity contribution < 1.29 is 19.2 Å². The molecule has 1 aliphatic carbocycles. The maximum atomic E-state index is 11.9. The van der Waals surface area contributed by atoms with E-state index in [1.54, 1.807) is 18.2 Å². The van der Waals surface area contributed by atoms with Gasteiger partial charge in [-0.2, -0.15) is 0 Å². The molecule has 2 heterocycles. The van der Waals surface area contributed by atoms with Crippen LogP contribution in [0.4, 0.5) is 0 Å². The minimum Gasteiger partial charge on any atom is -0.295 e. The Morgan fingerprint density at radius 1 is 0.900 bits per heavy atom. The van der Waals surface area contributed by atoms with Gasteiger partial charge in [-0.1, -0.05) is 18.2 Å². The Hall–Kier alpha value is -2.76. The number of nitrogens with one attached hydrogen (secondary N) is 2. The highest BCUT2D eigenvalue weighted by molar-refractivity contribution is 6.23. The zero-order chi connectivity index (χ0) is 14.0. The van der Waals surface area contributed by atoms with Crippen LogP contribution in [-0.2, 0) is 9.59 Å². The highest BCUT2D eigenvalue weighted by Crippen LogP contribution is 2.40. The predicted molar refractivity (Wildman–Crippen MR) is 66.7 cm³/mol. The number of hydrogen-bond acceptors (Lipinski definition) is 4. The SMILES string of the molecule is O=C1NC(=O)c2c1ccc1c2C=CC2C(=O)NC(=O)C12. The summed E-state index contributed by atoms with van der Waals surface area (Å²) in [6.45, 7) is 0. The summed E-state index contributed by atoms with van der Waals surface area (Å²) in [6, 6.07) is 3.17. The maximum Gasteiger partial charge on any atom is 0.259 e. The molecule has 0 spiro atoms. The number of amides is 4. The Morgan fingerprint density at radius 3 is 2.50 bits per heavy atom. The lowest BCUT2D eigenvalue weighted by Crippen LogP contribution is -2.22. The first-order valence-electron chi connectivity index (χ1n) is 6.13. The van der Waals surface area contributed by atoms with Crippen molar-refractivity contribution in [3.8, 4) is 0 Å². The molecule has 0 bridgehead atoms. The monoisotopic (exact) mass is 268 g/mol. The first-order chi connectivity index (χ1) is 9.58. The summed E-state index contributed by atoms with van der Waals surface area (Å²) in [4.78, 5) is 47.0. The molecule has 4 rings (SSSR count). The van der Waals surface area contributed by atoms with Gasteiger partial charge in [0, 0.05) is 0 Å². The van der Waals surface area contributed by atoms with E-state index in [-0.39, 0.29) is 17.4 Å². The third-order valence-electron chi connectivity index (χ3n) is 3.97. The third kappa shape index (κ3) is 1.18. The molecule has 0 saturated carbocycles. The summed E-state index contributed by atoms with van der Waals surface area (Å²) >= 11 is 0. The van der Waals surface area contributed by atoms with Gasteiger partial charge in [0.15, 0.2) is 0 Å². The second kappa shape index (κ2) is 3.41. The van der Waals surface area contributed by atoms with Crippen LogP contribution in [0.15, 0.2) is 18.2 Å². The van der Waals surface area contributed by atoms with Gasteiger partial charge in [0.05, 0.1) is 23.0 Å². The van der Waals surface area contributed by atoms with E-state index in [0.29, 0.717) is 16.7 Å². The van der Waals surface area contributed by atoms with Crippen LogP contribution in [0.3, 0.4) is 0 Å². The molecule has 4 amide bonds. The third-order valence-corrected chi connectivity index (χ3v) is 3.97. The van der Waals surface area contributed by atoms with Crippen molar-refractivity contribution >= 4 is 29.7 Å². The van der Waals surface area contributed by atoms with Crippen LogP contribution in [-0.4, -0.2) is 23.6 Å². The van der Waals surface area contributed by atoms with Gasteiger partial charge < -0.3 is 0 Å². The smallest absolute Gasteiger partial charge is 0.259 e. The summed E-state index contributed by atoms with van der Waals surface area (Å²) in [5.41, 5.74) is 1.76. The molecule has 6 nitrogen and oxygen atoms in total. The van der Waals surface area contributed by atoms with Crippen molar-refractivity contribution in [3.63, 3.8) is 0 Å². The van der Waals surface area contributed by atoms with Gasteiger partial charge in [-0.15, -0.1) is 0 Å². The van der Waals surface area contributed by atoms with Gasteiger partial charge in [0.1, 0.15) is 0 Å². The average molecular weight is 268 g/mol. The van der Waals surface area contributed by atoms with Gasteiger partial charge in [0.2, 0.25) is 11.8 Å². The maximum absolute atomic E-state index is 11.9. The standard InChI is InChI=1S/C14H8N2O4/c17-11-7-3-1-5-6(10(7)14(20)15-11)2-4-8-9(5)13(19)16-12(8)18/h1-4,7,10H,(H,15,17,20)(H,16,18,19). The van der Waals surface area contributed by atoms with Crippen molar-refractivity contribution in [2.45, 2.75) is 5.92 Å². The molecule has 1 fully saturated rings. The number of carbonyl (C=O) groups excluding carboxylic acids is 4. The molecule has 0 aromatic heterocycles. The number of hydrogen-bond donors (Lipinski definition) is 2. The second-order valence-electron chi connectivity index (χ2n) is 4.99. The molecule has 2 unspecified atom stereocenters. The van der Waals surface area contributed by atoms with Crippen LogP contribution in [0.1, 0.15) is 37.8 Å². The summed E-state index contributed by atoms with van der Waals surface area (Å²) in [7, 11) is 0. The topological polar surface area (TPSA) is 92.3 Å². The molecular weight excluding hydrogens is 260 g/mol. The van der Waals surface area contributed by atoms with Crippen LogP contribution in [0.2, 0.25) is 0 Å². The Morgan fingerprint density at radius 2 is 1.70 bits per heavy atom. The van der Waals surface area contributed by atoms with E-state index < -0.39 is 23.7 Å². The van der Waals surface area contributed by atoms with Crippen molar-refractivity contribution in [3.05, 3.63) is 40.5 Å². The van der Waals surface area contributed by atoms with Gasteiger partial charge in [0.25, 0.3) is 11.8 Å². The second-order valence-corrected chi connectivity index (χ2v) is 4.99. The van der Waals surface area contributed by atoms with Crippen LogP contribution >= 0.6 is 0 Å². The van der Waals surface area contributed by atoms with Gasteiger partial charge in [-0.25, -0.2) is 0 Å². The fourth-order valence-corrected chi connectivity index (χ4v) is 3.08. The van der Waals surface area contributed by atoms with Crippen LogP contribution in [0.25, 0.3) is 6.08 Å². The zero-order valence-corrected chi connectivity index (χ0v) is 10.1. The molecule has 0 radical (unpaired) electrons. The molecule has 6 heteroatoms. The normalized spacial score (nSPS) is 26.0. The summed E-state index contributed by atoms with van der Waals surface area (Å²) < 4.78 is 0. The molecule has 1 aromatic carbocycles. The lowest BCUT2D eigenvalue weighted by Gasteiger charge is -2.21. The first-order valence-corrected chi connectivity index (χ1v) is 6.13. The minimum atomic E-state index is -0.615. The molecule has 2 aliphatic heterocycles. The minimum absolute atomic E-state index is 0.286. The lowest BCUT2D eigenvalue weighted by molar-refractivity contribution is -0.125. The fourth-order valence-electron chi connectivity index (χ4n) is 3.08. The van der Waals surface area contributed by atoms with E-state index in [0.717, 1.165) is 0 Å². The zero-order valence-electron chi connectivity index (χ0n) is 10.1. The van der Waals surface area contributed by atoms with E-state index in [1.807, 2.05) is 0 Å². The van der Waals surface area contributed by atoms with E-state index in [2.05, 4.69) is 10.6 Å². The Bertz CT molecular complexity index is 763. The van der Waals surface area contributed by atoms with Crippen molar-refractivity contribution in [2.24, 2.45) is 5.92 Å². The quantitative estimate of drug-likeness (QED) is 0.645. The van der Waals surface area contributed by atoms with Crippen molar-refractivity contribution in [1.29, 1.82) is 0 Å². The number of benzene rings is 1. The highest BCUT2D eigenvalue weighted by Gasteiger charge is 2.45. The van der Waals surface area contributed by atoms with E-state index in [9.17, 15) is 19.2 Å². The lowest BCUT2D eigenvalue weighted by atomic mass is 9.78. The fraction of sp³-hybridized carbons (Fsp3) is 0.143. The Balaban J connectivity index is 1.99. The average Bonchev–Trinajstić information content (AvgIpc) is 2.87. The molecule has 2 N–H and O–H groups in total. The molecule has 1 aromatic rings. The highest BCUT2D eigenvalue weighted by atomic mass is 16.2. The van der Waals surface area contributed by atoms with Gasteiger partial charge in [-0.05, 0) is 17.2 Å². The number of imide groups is 2. The summed E-state index contributed by atoms with van der Waals surface area (Å²) in [5.74, 6) is -2.74. The van der Waals surface area contributed by atoms with Crippen LogP contribution < -0.4 is 10.6 Å². The van der Waals surface area contributed by atoms with Gasteiger partial charge in [-0.3, -0.25) is 29.8 Å². The predicted octanol–water partition coefficient (Wildman–Crippen LogP) is -0.0468. The number of fused-ring (bicyclic) bond motifs is 5. The van der Waals surface area contributed by atoms with E-state index in [1.165, 1.54) is 6.07 Å². The summed E-state index contributed by atoms with van der Waals surface area (Å²) in [6.07, 6.45) is 3.26. The van der Waals surface area contributed by atoms with E-state index in [4.69, 9.17) is 0 Å². The van der Waals surface area contributed by atoms with Crippen LogP contribution in [0.5, 0.6) is 0 Å². The number of carbonyl (C=O) groups is 4. The van der Waals surface area contributed by atoms with Crippen LogP contribution in [0, 0.1) is 5.92 Å². The van der Waals surface area contributed by atoms with Crippen molar-refractivity contribution in [1.82, 2.24) is 10.6 Å². The Kier molecular flexibility index (Phi) is 1.89.